The van der Waals surface area contributed by atoms with Crippen LogP contribution < -0.4 is 10.5 Å². The van der Waals surface area contributed by atoms with Gasteiger partial charge in [0.1, 0.15) is 11.3 Å². The van der Waals surface area contributed by atoms with Gasteiger partial charge in [0.25, 0.3) is 11.5 Å². The number of anilines is 1. The predicted octanol–water partition coefficient (Wildman–Crippen LogP) is 3.83. The Morgan fingerprint density at radius 3 is 2.51 bits per heavy atom. The zero-order chi connectivity index (χ0) is 23.9. The second kappa shape index (κ2) is 8.35. The normalized spacial score (nSPS) is 14.1. The number of hydrogen-bond donors (Lipinski definition) is 1. The highest BCUT2D eigenvalue weighted by Crippen LogP contribution is 2.25. The average molecular weight is 469 g/mol. The zero-order valence-electron chi connectivity index (χ0n) is 18.6. The minimum atomic E-state index is -0.448. The number of nitrogens with one attached hydrogen (secondary N) is 1. The predicted molar refractivity (Wildman–Crippen MR) is 130 cm³/mol. The summed E-state index contributed by atoms with van der Waals surface area (Å²) in [6.45, 7) is 1.87. The summed E-state index contributed by atoms with van der Waals surface area (Å²) in [5.41, 5.74) is 2.62. The van der Waals surface area contributed by atoms with Gasteiger partial charge < -0.3 is 14.2 Å². The lowest BCUT2D eigenvalue weighted by atomic mass is 10.1. The molecule has 0 saturated carbocycles. The van der Waals surface area contributed by atoms with Crippen LogP contribution in [0.5, 0.6) is 0 Å². The van der Waals surface area contributed by atoms with Crippen LogP contribution in [0, 0.1) is 5.82 Å². The van der Waals surface area contributed by atoms with E-state index < -0.39 is 5.82 Å². The minimum Gasteiger partial charge on any atom is -0.436 e. The van der Waals surface area contributed by atoms with Crippen molar-refractivity contribution in [2.24, 2.45) is 0 Å². The van der Waals surface area contributed by atoms with Crippen molar-refractivity contribution in [1.82, 2.24) is 19.9 Å². The number of aromatic amines is 1. The van der Waals surface area contributed by atoms with Crippen molar-refractivity contribution in [3.05, 3.63) is 88.5 Å². The summed E-state index contributed by atoms with van der Waals surface area (Å²) >= 11 is 0. The molecule has 35 heavy (non-hydrogen) atoms. The summed E-state index contributed by atoms with van der Waals surface area (Å²) < 4.78 is 19.5. The van der Waals surface area contributed by atoms with Crippen LogP contribution in [-0.2, 0) is 0 Å². The number of amides is 1. The highest BCUT2D eigenvalue weighted by molar-refractivity contribution is 5.97. The number of carbonyl (C=O) groups is 1. The van der Waals surface area contributed by atoms with Crippen molar-refractivity contribution in [2.45, 2.75) is 0 Å². The number of carbonyl (C=O) groups excluding carboxylic acids is 1. The minimum absolute atomic E-state index is 0.105. The maximum absolute atomic E-state index is 13.6. The largest absolute Gasteiger partial charge is 0.436 e. The Hall–Kier alpha value is -4.53. The van der Waals surface area contributed by atoms with Crippen molar-refractivity contribution < 1.29 is 13.6 Å². The number of oxazole rings is 1. The van der Waals surface area contributed by atoms with Crippen LogP contribution in [0.25, 0.3) is 33.5 Å². The fourth-order valence-electron chi connectivity index (χ4n) is 4.32. The van der Waals surface area contributed by atoms with Crippen molar-refractivity contribution in [1.29, 1.82) is 0 Å². The molecule has 1 aliphatic heterocycles. The summed E-state index contributed by atoms with van der Waals surface area (Å²) in [6.07, 6.45) is 0. The maximum Gasteiger partial charge on any atom is 0.260 e. The molecule has 1 saturated heterocycles. The first kappa shape index (κ1) is 21.0. The van der Waals surface area contributed by atoms with Crippen molar-refractivity contribution in [2.75, 3.05) is 31.1 Å². The first-order valence-corrected chi connectivity index (χ1v) is 11.2. The fourth-order valence-corrected chi connectivity index (χ4v) is 4.32. The van der Waals surface area contributed by atoms with E-state index in [9.17, 15) is 14.0 Å². The molecule has 1 aliphatic rings. The standard InChI is InChI=1S/C26H20FN5O3/c27-18-7-8-19-21(15-18)29-26(30-23(19)33)32-12-10-31(11-13-32)25(34)17-6-9-20-22(14-17)35-24(28-20)16-4-2-1-3-5-16/h1-9,14-15H,10-13H2,(H,29,30,33). The molecule has 3 heterocycles. The smallest absolute Gasteiger partial charge is 0.260 e. The van der Waals surface area contributed by atoms with Gasteiger partial charge in [0.05, 0.1) is 10.9 Å². The van der Waals surface area contributed by atoms with E-state index in [1.165, 1.54) is 18.2 Å². The third-order valence-corrected chi connectivity index (χ3v) is 6.18. The SMILES string of the molecule is O=C(c1ccc2nc(-c3ccccc3)oc2c1)N1CCN(c2nc3cc(F)ccc3c(=O)[nH]2)CC1. The number of rotatable bonds is 3. The fraction of sp³-hybridized carbons (Fsp3) is 0.154. The van der Waals surface area contributed by atoms with E-state index in [0.717, 1.165) is 5.56 Å². The van der Waals surface area contributed by atoms with Gasteiger partial charge in [0.2, 0.25) is 11.8 Å². The number of fused-ring (bicyclic) bond motifs is 2. The Morgan fingerprint density at radius 2 is 1.71 bits per heavy atom. The van der Waals surface area contributed by atoms with Crippen LogP contribution in [0.1, 0.15) is 10.4 Å². The van der Waals surface area contributed by atoms with E-state index in [0.29, 0.717) is 65.6 Å². The number of piperazine rings is 1. The molecule has 0 aliphatic carbocycles. The van der Waals surface area contributed by atoms with E-state index in [1.807, 2.05) is 35.2 Å². The lowest BCUT2D eigenvalue weighted by molar-refractivity contribution is 0.0746. The van der Waals surface area contributed by atoms with Gasteiger partial charge in [-0.05, 0) is 42.5 Å². The van der Waals surface area contributed by atoms with E-state index in [-0.39, 0.29) is 11.5 Å². The number of H-pyrrole nitrogens is 1. The van der Waals surface area contributed by atoms with E-state index >= 15 is 0 Å². The van der Waals surface area contributed by atoms with Gasteiger partial charge in [0.15, 0.2) is 5.58 Å². The Balaban J connectivity index is 1.19. The zero-order valence-corrected chi connectivity index (χ0v) is 18.6. The van der Waals surface area contributed by atoms with Crippen LogP contribution in [0.3, 0.4) is 0 Å². The first-order valence-electron chi connectivity index (χ1n) is 11.2. The van der Waals surface area contributed by atoms with Gasteiger partial charge in [-0.1, -0.05) is 18.2 Å². The summed E-state index contributed by atoms with van der Waals surface area (Å²) in [6, 6.07) is 18.8. The molecule has 1 N–H and O–H groups in total. The highest BCUT2D eigenvalue weighted by atomic mass is 19.1. The lowest BCUT2D eigenvalue weighted by Crippen LogP contribution is -2.49. The first-order chi connectivity index (χ1) is 17.0. The third-order valence-electron chi connectivity index (χ3n) is 6.18. The van der Waals surface area contributed by atoms with Crippen molar-refractivity contribution in [3.63, 3.8) is 0 Å². The molecular weight excluding hydrogens is 449 g/mol. The maximum atomic E-state index is 13.6. The summed E-state index contributed by atoms with van der Waals surface area (Å²) in [5.74, 6) is 0.329. The molecule has 1 fully saturated rings. The molecule has 0 spiro atoms. The summed E-state index contributed by atoms with van der Waals surface area (Å²) in [5, 5.41) is 0.335. The summed E-state index contributed by atoms with van der Waals surface area (Å²) in [4.78, 5) is 40.9. The van der Waals surface area contributed by atoms with E-state index in [2.05, 4.69) is 15.0 Å². The topological polar surface area (TPSA) is 95.3 Å². The molecule has 174 valence electrons. The van der Waals surface area contributed by atoms with Crippen LogP contribution in [-0.4, -0.2) is 51.9 Å². The lowest BCUT2D eigenvalue weighted by Gasteiger charge is -2.35. The Morgan fingerprint density at radius 1 is 0.914 bits per heavy atom. The van der Waals surface area contributed by atoms with Crippen LogP contribution in [0.2, 0.25) is 0 Å². The monoisotopic (exact) mass is 469 g/mol. The molecule has 8 nitrogen and oxygen atoms in total. The molecule has 0 atom stereocenters. The van der Waals surface area contributed by atoms with Gasteiger partial charge in [-0.15, -0.1) is 0 Å². The van der Waals surface area contributed by atoms with Gasteiger partial charge >= 0.3 is 0 Å². The second-order valence-electron chi connectivity index (χ2n) is 8.40. The molecule has 5 aromatic rings. The second-order valence-corrected chi connectivity index (χ2v) is 8.40. The Labute approximate surface area is 198 Å². The van der Waals surface area contributed by atoms with E-state index in [4.69, 9.17) is 4.42 Å². The third kappa shape index (κ3) is 3.90. The molecule has 0 unspecified atom stereocenters. The molecule has 0 radical (unpaired) electrons. The summed E-state index contributed by atoms with van der Waals surface area (Å²) in [7, 11) is 0. The van der Waals surface area contributed by atoms with Gasteiger partial charge in [0, 0.05) is 43.4 Å². The molecule has 6 rings (SSSR count). The molecule has 2 aromatic heterocycles. The van der Waals surface area contributed by atoms with Crippen molar-refractivity contribution >= 4 is 33.9 Å². The number of halogens is 1. The Bertz CT molecular complexity index is 1620. The van der Waals surface area contributed by atoms with Gasteiger partial charge in [-0.2, -0.15) is 0 Å². The molecular formula is C26H20FN5O3. The van der Waals surface area contributed by atoms with Gasteiger partial charge in [-0.25, -0.2) is 14.4 Å². The number of benzene rings is 3. The molecule has 1 amide bonds. The van der Waals surface area contributed by atoms with Crippen LogP contribution in [0.4, 0.5) is 10.3 Å². The quantitative estimate of drug-likeness (QED) is 0.432. The highest BCUT2D eigenvalue weighted by Gasteiger charge is 2.24. The van der Waals surface area contributed by atoms with Crippen LogP contribution in [0.15, 0.2) is 75.9 Å². The number of hydrogen-bond acceptors (Lipinski definition) is 6. The molecule has 3 aromatic carbocycles. The van der Waals surface area contributed by atoms with Crippen molar-refractivity contribution in [3.8, 4) is 11.5 Å². The van der Waals surface area contributed by atoms with E-state index in [1.54, 1.807) is 23.1 Å². The Kier molecular flexibility index (Phi) is 5.02. The number of nitrogens with zero attached hydrogens (tertiary/aromatic N) is 4. The average Bonchev–Trinajstić information content (AvgIpc) is 3.32. The number of aromatic nitrogens is 3. The van der Waals surface area contributed by atoms with Crippen LogP contribution >= 0.6 is 0 Å². The van der Waals surface area contributed by atoms with Gasteiger partial charge in [-0.3, -0.25) is 14.6 Å². The molecule has 0 bridgehead atoms. The molecule has 9 heteroatoms.